The van der Waals surface area contributed by atoms with Crippen LogP contribution in [0.1, 0.15) is 52.5 Å². The van der Waals surface area contributed by atoms with Crippen molar-refractivity contribution >= 4 is 14.5 Å². The molecule has 0 unspecified atom stereocenters. The van der Waals surface area contributed by atoms with E-state index in [9.17, 15) is 0 Å². The van der Waals surface area contributed by atoms with Crippen molar-refractivity contribution in [3.05, 3.63) is 48.0 Å². The van der Waals surface area contributed by atoms with E-state index in [0.717, 1.165) is 25.7 Å². The van der Waals surface area contributed by atoms with Crippen molar-refractivity contribution in [2.45, 2.75) is 77.6 Å². The summed E-state index contributed by atoms with van der Waals surface area (Å²) >= 11 is 0. The number of hydrogen-bond acceptors (Lipinski definition) is 3. The van der Waals surface area contributed by atoms with Gasteiger partial charge in [0.25, 0.3) is 0 Å². The lowest BCUT2D eigenvalue weighted by Crippen LogP contribution is -2.44. The van der Waals surface area contributed by atoms with Gasteiger partial charge in [-0.25, -0.2) is 0 Å². The van der Waals surface area contributed by atoms with Gasteiger partial charge < -0.3 is 4.43 Å². The van der Waals surface area contributed by atoms with Crippen LogP contribution in [-0.2, 0) is 20.4 Å². The summed E-state index contributed by atoms with van der Waals surface area (Å²) < 4.78 is 6.66. The molecule has 0 aliphatic rings. The van der Waals surface area contributed by atoms with Crippen LogP contribution in [0.2, 0.25) is 18.1 Å². The number of rotatable bonds is 8. The molecule has 4 heteroatoms. The molecule has 1 aromatic rings. The number of hydrogen-bond donors (Lipinski definition) is 0. The highest BCUT2D eigenvalue weighted by Crippen LogP contribution is 2.38. The van der Waals surface area contributed by atoms with Crippen LogP contribution in [0.4, 0.5) is 0 Å². The summed E-state index contributed by atoms with van der Waals surface area (Å²) in [5.41, 5.74) is 1.41. The highest BCUT2D eigenvalue weighted by atomic mass is 28.4. The first kappa shape index (κ1) is 23.5. The van der Waals surface area contributed by atoms with Crippen LogP contribution >= 0.6 is 0 Å². The van der Waals surface area contributed by atoms with Crippen molar-refractivity contribution in [3.63, 3.8) is 0 Å². The zero-order valence-electron chi connectivity index (χ0n) is 16.7. The highest BCUT2D eigenvalue weighted by molar-refractivity contribution is 6.74. The van der Waals surface area contributed by atoms with Gasteiger partial charge in [-0.3, -0.25) is 0 Å². The zero-order chi connectivity index (χ0) is 19.3. The molecule has 1 rings (SSSR count). The lowest BCUT2D eigenvalue weighted by molar-refractivity contribution is -0.191. The van der Waals surface area contributed by atoms with Crippen LogP contribution < -0.4 is 0 Å². The van der Waals surface area contributed by atoms with E-state index in [1.165, 1.54) is 5.56 Å². The largest absolute Gasteiger partial charge is 0.414 e. The normalized spacial score (nSPS) is 13.0. The third kappa shape index (κ3) is 10.2. The third-order valence-corrected chi connectivity index (χ3v) is 9.20. The second kappa shape index (κ2) is 12.0. The van der Waals surface area contributed by atoms with E-state index in [0.29, 0.717) is 6.10 Å². The fraction of sp³-hybridized carbons (Fsp3) is 0.571. The first-order chi connectivity index (χ1) is 11.7. The Morgan fingerprint density at radius 3 is 2.16 bits per heavy atom. The van der Waals surface area contributed by atoms with E-state index < -0.39 is 8.32 Å². The highest BCUT2D eigenvalue weighted by Gasteiger charge is 2.38. The summed E-state index contributed by atoms with van der Waals surface area (Å²) in [6, 6.07) is 10.7. The average Bonchev–Trinajstić information content (AvgIpc) is 2.53. The Morgan fingerprint density at radius 2 is 1.68 bits per heavy atom. The molecule has 0 bridgehead atoms. The van der Waals surface area contributed by atoms with E-state index >= 15 is 0 Å². The molecule has 0 aliphatic carbocycles. The molecule has 3 nitrogen and oxygen atoms in total. The molecule has 25 heavy (non-hydrogen) atoms. The Kier molecular flexibility index (Phi) is 11.3. The van der Waals surface area contributed by atoms with Crippen LogP contribution in [0, 0.1) is 0 Å². The van der Waals surface area contributed by atoms with Gasteiger partial charge in [0.1, 0.15) is 0 Å². The topological polar surface area (TPSA) is 43.4 Å². The van der Waals surface area contributed by atoms with Crippen molar-refractivity contribution in [3.8, 4) is 0 Å². The fourth-order valence-corrected chi connectivity index (χ4v) is 3.61. The molecule has 0 aliphatic heterocycles. The lowest BCUT2D eigenvalue weighted by atomic mass is 10.0. The maximum atomic E-state index is 8.12. The predicted molar refractivity (Wildman–Crippen MR) is 106 cm³/mol. The van der Waals surface area contributed by atoms with Crippen molar-refractivity contribution in [1.82, 2.24) is 0 Å². The minimum absolute atomic E-state index is 0.250. The zero-order valence-corrected chi connectivity index (χ0v) is 17.7. The Balaban J connectivity index is 0.00000178. The number of benzene rings is 1. The Bertz CT molecular complexity index is 524. The summed E-state index contributed by atoms with van der Waals surface area (Å²) in [7, 11) is -1.70. The summed E-state index contributed by atoms with van der Waals surface area (Å²) in [4.78, 5) is 16.2. The van der Waals surface area contributed by atoms with Crippen LogP contribution in [0.25, 0.3) is 0 Å². The van der Waals surface area contributed by atoms with Crippen molar-refractivity contribution < 1.29 is 14.0 Å². The second-order valence-electron chi connectivity index (χ2n) is 7.72. The molecule has 0 spiro atoms. The smallest absolute Gasteiger partial charge is 0.373 e. The number of allylic oxidation sites excluding steroid dienone is 1. The molecule has 0 fully saturated rings. The second-order valence-corrected chi connectivity index (χ2v) is 12.5. The summed E-state index contributed by atoms with van der Waals surface area (Å²) in [5.74, 6) is 0. The van der Waals surface area contributed by atoms with Gasteiger partial charge >= 0.3 is 6.15 Å². The monoisotopic (exact) mass is 362 g/mol. The standard InChI is InChI=1S/C20H34OSi.CO2/c1-7-8-10-15-19(21-22(5,6)20(2,3)4)17-16-18-13-11-9-12-14-18;2-1-3/h8-14,19H,7,15-17H2,1-6H3;/b10-8-;/t19-;/m0./s1. The fourth-order valence-electron chi connectivity index (χ4n) is 2.21. The Labute approximate surface area is 154 Å². The average molecular weight is 363 g/mol. The molecule has 140 valence electrons. The van der Waals surface area contributed by atoms with Gasteiger partial charge in [-0.2, -0.15) is 9.59 Å². The maximum Gasteiger partial charge on any atom is 0.373 e. The van der Waals surface area contributed by atoms with E-state index in [-0.39, 0.29) is 11.2 Å². The van der Waals surface area contributed by atoms with Gasteiger partial charge in [-0.1, -0.05) is 70.2 Å². The molecule has 0 amide bonds. The summed E-state index contributed by atoms with van der Waals surface area (Å²) in [6.07, 6.45) is 9.47. The van der Waals surface area contributed by atoms with Crippen molar-refractivity contribution in [1.29, 1.82) is 0 Å². The molecule has 1 atom stereocenters. The SMILES string of the molecule is CC/C=C\C[C@@H](CCc1ccccc1)O[Si](C)(C)C(C)(C)C.O=C=O. The van der Waals surface area contributed by atoms with Gasteiger partial charge in [0, 0.05) is 6.10 Å². The minimum atomic E-state index is -1.70. The van der Waals surface area contributed by atoms with E-state index in [2.05, 4.69) is 83.3 Å². The maximum absolute atomic E-state index is 8.12. The first-order valence-electron chi connectivity index (χ1n) is 9.04. The van der Waals surface area contributed by atoms with E-state index in [1.54, 1.807) is 0 Å². The molecular formula is C21H34O3Si. The number of carbonyl (C=O) groups excluding carboxylic acids is 2. The molecule has 1 aromatic carbocycles. The third-order valence-electron chi connectivity index (χ3n) is 4.67. The van der Waals surface area contributed by atoms with Crippen LogP contribution in [0.15, 0.2) is 42.5 Å². The molecule has 0 N–H and O–H groups in total. The Hall–Kier alpha value is -1.48. The molecule has 0 heterocycles. The van der Waals surface area contributed by atoms with Crippen LogP contribution in [-0.4, -0.2) is 20.6 Å². The van der Waals surface area contributed by atoms with Gasteiger partial charge in [0.15, 0.2) is 8.32 Å². The first-order valence-corrected chi connectivity index (χ1v) is 11.9. The van der Waals surface area contributed by atoms with Gasteiger partial charge in [0.05, 0.1) is 0 Å². The van der Waals surface area contributed by atoms with Crippen LogP contribution in [0.3, 0.4) is 0 Å². The Morgan fingerprint density at radius 1 is 1.12 bits per heavy atom. The van der Waals surface area contributed by atoms with Gasteiger partial charge in [-0.15, -0.1) is 0 Å². The van der Waals surface area contributed by atoms with Crippen molar-refractivity contribution in [2.75, 3.05) is 0 Å². The molecule has 0 saturated heterocycles. The van der Waals surface area contributed by atoms with Gasteiger partial charge in [-0.05, 0) is 49.4 Å². The quantitative estimate of drug-likeness (QED) is 0.435. The molecular weight excluding hydrogens is 328 g/mol. The predicted octanol–water partition coefficient (Wildman–Crippen LogP) is 5.78. The summed E-state index contributed by atoms with van der Waals surface area (Å²) in [5, 5.41) is 0.270. The lowest BCUT2D eigenvalue weighted by Gasteiger charge is -2.39. The summed E-state index contributed by atoms with van der Waals surface area (Å²) in [6.45, 7) is 13.8. The van der Waals surface area contributed by atoms with Crippen molar-refractivity contribution in [2.24, 2.45) is 0 Å². The van der Waals surface area contributed by atoms with E-state index in [1.807, 2.05) is 0 Å². The van der Waals surface area contributed by atoms with Gasteiger partial charge in [0.2, 0.25) is 0 Å². The van der Waals surface area contributed by atoms with E-state index in [4.69, 9.17) is 14.0 Å². The minimum Gasteiger partial charge on any atom is -0.414 e. The molecule has 0 saturated carbocycles. The van der Waals surface area contributed by atoms with Crippen LogP contribution in [0.5, 0.6) is 0 Å². The number of aryl methyl sites for hydroxylation is 1. The molecule has 0 aromatic heterocycles. The molecule has 0 radical (unpaired) electrons.